The van der Waals surface area contributed by atoms with Gasteiger partial charge in [-0.25, -0.2) is 0 Å². The van der Waals surface area contributed by atoms with Gasteiger partial charge in [0, 0.05) is 0 Å². The van der Waals surface area contributed by atoms with Crippen molar-refractivity contribution in [1.82, 2.24) is 0 Å². The van der Waals surface area contributed by atoms with E-state index in [4.69, 9.17) is 0 Å². The highest BCUT2D eigenvalue weighted by molar-refractivity contribution is 9.11. The Labute approximate surface area is 207 Å². The topological polar surface area (TPSA) is 20.2 Å². The van der Waals surface area contributed by atoms with Crippen LogP contribution in [0.5, 0.6) is 0 Å². The summed E-state index contributed by atoms with van der Waals surface area (Å²) in [7, 11) is 0. The molecule has 0 bridgehead atoms. The molecule has 3 unspecified atom stereocenters. The van der Waals surface area contributed by atoms with E-state index in [0.717, 1.165) is 52.8 Å². The summed E-state index contributed by atoms with van der Waals surface area (Å²) in [5.41, 5.74) is 1.01. The van der Waals surface area contributed by atoms with E-state index in [1.54, 1.807) is 0 Å². The van der Waals surface area contributed by atoms with Crippen molar-refractivity contribution >= 4 is 15.9 Å². The zero-order valence-electron chi connectivity index (χ0n) is 21.7. The zero-order valence-corrected chi connectivity index (χ0v) is 23.3. The average Bonchev–Trinajstić information content (AvgIpc) is 3.07. The summed E-state index contributed by atoms with van der Waals surface area (Å²) < 4.78 is 1.08. The highest BCUT2D eigenvalue weighted by Gasteiger charge is 2.61. The second kappa shape index (κ2) is 9.67. The molecule has 10 atom stereocenters. The third-order valence-electron chi connectivity index (χ3n) is 11.6. The SMILES string of the molecule is C=C(Br)CC1C(O)CC[C@@]2(C)C1CC[C@H]1[C@@H]3CC[C@H]([C@H](C)CCCC(C)C)[C@@]3(C)CC[C@@H]12. The molecule has 0 radical (unpaired) electrons. The molecule has 32 heavy (non-hydrogen) atoms. The number of halogens is 1. The van der Waals surface area contributed by atoms with Crippen LogP contribution >= 0.6 is 15.9 Å². The minimum absolute atomic E-state index is 0.129. The van der Waals surface area contributed by atoms with Crippen molar-refractivity contribution in [2.75, 3.05) is 0 Å². The molecule has 0 aromatic carbocycles. The molecule has 4 fully saturated rings. The Morgan fingerprint density at radius 3 is 2.25 bits per heavy atom. The van der Waals surface area contributed by atoms with Crippen molar-refractivity contribution in [2.24, 2.45) is 58.2 Å². The van der Waals surface area contributed by atoms with Crippen molar-refractivity contribution in [2.45, 2.75) is 118 Å². The lowest BCUT2D eigenvalue weighted by Gasteiger charge is -2.63. The van der Waals surface area contributed by atoms with Crippen LogP contribution in [-0.4, -0.2) is 11.2 Å². The smallest absolute Gasteiger partial charge is 0.0574 e. The van der Waals surface area contributed by atoms with Crippen LogP contribution in [0.25, 0.3) is 0 Å². The number of fused-ring (bicyclic) bond motifs is 5. The molecule has 4 rings (SSSR count). The first-order valence-corrected chi connectivity index (χ1v) is 14.9. The lowest BCUT2D eigenvalue weighted by atomic mass is 9.43. The van der Waals surface area contributed by atoms with Gasteiger partial charge in [0.25, 0.3) is 0 Å². The monoisotopic (exact) mass is 506 g/mol. The Hall–Kier alpha value is 0.180. The molecule has 1 N–H and O–H groups in total. The van der Waals surface area contributed by atoms with Gasteiger partial charge in [0.2, 0.25) is 0 Å². The highest BCUT2D eigenvalue weighted by atomic mass is 79.9. The van der Waals surface area contributed by atoms with Gasteiger partial charge < -0.3 is 5.11 Å². The van der Waals surface area contributed by atoms with Crippen LogP contribution in [0.2, 0.25) is 0 Å². The van der Waals surface area contributed by atoms with E-state index in [-0.39, 0.29) is 6.10 Å². The van der Waals surface area contributed by atoms with E-state index >= 15 is 0 Å². The quantitative estimate of drug-likeness (QED) is 0.365. The normalized spacial score (nSPS) is 46.9. The summed E-state index contributed by atoms with van der Waals surface area (Å²) in [4.78, 5) is 0. The molecule has 0 amide bonds. The van der Waals surface area contributed by atoms with Crippen molar-refractivity contribution in [3.8, 4) is 0 Å². The molecule has 4 aliphatic rings. The summed E-state index contributed by atoms with van der Waals surface area (Å²) in [5.74, 6) is 6.55. The van der Waals surface area contributed by atoms with Gasteiger partial charge in [-0.1, -0.05) is 76.4 Å². The van der Waals surface area contributed by atoms with Crippen LogP contribution in [-0.2, 0) is 0 Å². The lowest BCUT2D eigenvalue weighted by molar-refractivity contribution is -0.152. The molecule has 0 aliphatic heterocycles. The number of aliphatic hydroxyl groups is 1. The zero-order chi connectivity index (χ0) is 23.3. The molecule has 184 valence electrons. The molecule has 0 saturated heterocycles. The van der Waals surface area contributed by atoms with E-state index < -0.39 is 0 Å². The molecular formula is C30H51BrO. The predicted molar refractivity (Wildman–Crippen MR) is 141 cm³/mol. The minimum Gasteiger partial charge on any atom is -0.393 e. The summed E-state index contributed by atoms with van der Waals surface area (Å²) in [6.07, 6.45) is 15.9. The van der Waals surface area contributed by atoms with Gasteiger partial charge in [-0.2, -0.15) is 0 Å². The Bertz CT molecular complexity index is 672. The molecular weight excluding hydrogens is 456 g/mol. The van der Waals surface area contributed by atoms with Crippen molar-refractivity contribution in [3.63, 3.8) is 0 Å². The molecule has 0 spiro atoms. The number of hydrogen-bond acceptors (Lipinski definition) is 1. The summed E-state index contributed by atoms with van der Waals surface area (Å²) in [6.45, 7) is 16.8. The maximum Gasteiger partial charge on any atom is 0.0574 e. The number of hydrogen-bond donors (Lipinski definition) is 1. The number of allylic oxidation sites excluding steroid dienone is 1. The highest BCUT2D eigenvalue weighted by Crippen LogP contribution is 2.69. The van der Waals surface area contributed by atoms with Gasteiger partial charge in [0.05, 0.1) is 6.10 Å². The standard InChI is InChI=1S/C30H51BrO/c1-19(2)8-7-9-20(3)24-12-13-25-22-10-11-26-23(18-21(4)31)28(32)15-17-30(26,6)27(22)14-16-29(24,25)5/h19-20,22-28,32H,4,7-18H2,1-3,5-6H3/t20-,22+,23?,24-,25+,26?,27+,28?,29-,30+/m1/s1. The summed E-state index contributed by atoms with van der Waals surface area (Å²) >= 11 is 3.62. The average molecular weight is 508 g/mol. The number of rotatable bonds is 7. The largest absolute Gasteiger partial charge is 0.393 e. The van der Waals surface area contributed by atoms with E-state index in [9.17, 15) is 5.11 Å². The van der Waals surface area contributed by atoms with Gasteiger partial charge in [-0.15, -0.1) is 0 Å². The Kier molecular flexibility index (Phi) is 7.64. The molecule has 0 heterocycles. The van der Waals surface area contributed by atoms with Crippen LogP contribution in [0.3, 0.4) is 0 Å². The van der Waals surface area contributed by atoms with Crippen LogP contribution in [0, 0.1) is 58.2 Å². The fourth-order valence-electron chi connectivity index (χ4n) is 10.1. The van der Waals surface area contributed by atoms with Gasteiger partial charge in [-0.05, 0) is 120 Å². The molecule has 4 saturated carbocycles. The van der Waals surface area contributed by atoms with Crippen LogP contribution in [0.1, 0.15) is 112 Å². The molecule has 1 nitrogen and oxygen atoms in total. The first kappa shape index (κ1) is 25.3. The van der Waals surface area contributed by atoms with E-state index in [2.05, 4.69) is 57.1 Å². The fourth-order valence-corrected chi connectivity index (χ4v) is 10.4. The molecule has 4 aliphatic carbocycles. The van der Waals surface area contributed by atoms with Gasteiger partial charge in [0.15, 0.2) is 0 Å². The fraction of sp³-hybridized carbons (Fsp3) is 0.933. The second-order valence-electron chi connectivity index (χ2n) is 13.6. The van der Waals surface area contributed by atoms with Crippen LogP contribution in [0.15, 0.2) is 11.1 Å². The van der Waals surface area contributed by atoms with Gasteiger partial charge in [0.1, 0.15) is 0 Å². The maximum absolute atomic E-state index is 10.9. The van der Waals surface area contributed by atoms with E-state index in [0.29, 0.717) is 22.7 Å². The molecule has 0 aromatic heterocycles. The number of aliphatic hydroxyl groups excluding tert-OH is 1. The maximum atomic E-state index is 10.9. The Balaban J connectivity index is 1.49. The van der Waals surface area contributed by atoms with Crippen molar-refractivity contribution < 1.29 is 5.11 Å². The van der Waals surface area contributed by atoms with Crippen LogP contribution in [0.4, 0.5) is 0 Å². The lowest BCUT2D eigenvalue weighted by Crippen LogP contribution is -2.56. The first-order chi connectivity index (χ1) is 15.1. The summed E-state index contributed by atoms with van der Waals surface area (Å²) in [6, 6.07) is 0. The Morgan fingerprint density at radius 2 is 1.56 bits per heavy atom. The Morgan fingerprint density at radius 1 is 0.906 bits per heavy atom. The van der Waals surface area contributed by atoms with E-state index in [1.807, 2.05) is 0 Å². The molecule has 0 aromatic rings. The minimum atomic E-state index is -0.129. The van der Waals surface area contributed by atoms with Gasteiger partial charge in [-0.3, -0.25) is 0 Å². The molecule has 2 heteroatoms. The van der Waals surface area contributed by atoms with Crippen molar-refractivity contribution in [3.05, 3.63) is 11.1 Å². The second-order valence-corrected chi connectivity index (χ2v) is 14.7. The first-order valence-electron chi connectivity index (χ1n) is 14.1. The van der Waals surface area contributed by atoms with Crippen molar-refractivity contribution in [1.29, 1.82) is 0 Å². The van der Waals surface area contributed by atoms with E-state index in [1.165, 1.54) is 64.2 Å². The summed E-state index contributed by atoms with van der Waals surface area (Å²) in [5, 5.41) is 10.9. The van der Waals surface area contributed by atoms with Crippen LogP contribution < -0.4 is 0 Å². The predicted octanol–water partition coefficient (Wildman–Crippen LogP) is 8.99. The third-order valence-corrected chi connectivity index (χ3v) is 11.9. The third kappa shape index (κ3) is 4.43. The van der Waals surface area contributed by atoms with Gasteiger partial charge >= 0.3 is 0 Å².